The summed E-state index contributed by atoms with van der Waals surface area (Å²) in [5.41, 5.74) is 11.2. The number of hydrogen-bond donors (Lipinski definition) is 0. The first-order valence-electron chi connectivity index (χ1n) is 8.87. The molecule has 116 valence electrons. The SMILES string of the molecule is c1cc2cc3cc-2ccc1CCc1ccc2cc(cc-2cc1)CC3. The molecule has 0 aliphatic heterocycles. The van der Waals surface area contributed by atoms with Gasteiger partial charge in [-0.05, 0) is 70.2 Å². The average molecular weight is 308 g/mol. The van der Waals surface area contributed by atoms with Crippen molar-refractivity contribution in [3.05, 3.63) is 95.1 Å². The highest BCUT2D eigenvalue weighted by molar-refractivity contribution is 5.70. The van der Waals surface area contributed by atoms with Gasteiger partial charge >= 0.3 is 0 Å². The Morgan fingerprint density at radius 3 is 0.958 bits per heavy atom. The molecule has 24 heavy (non-hydrogen) atoms. The van der Waals surface area contributed by atoms with Crippen LogP contribution in [0.1, 0.15) is 22.3 Å². The van der Waals surface area contributed by atoms with Crippen LogP contribution in [0.25, 0.3) is 22.3 Å². The lowest BCUT2D eigenvalue weighted by Gasteiger charge is -1.99. The van der Waals surface area contributed by atoms with Crippen LogP contribution in [0.3, 0.4) is 0 Å². The first-order valence-corrected chi connectivity index (χ1v) is 8.87. The topological polar surface area (TPSA) is 0 Å². The van der Waals surface area contributed by atoms with Crippen LogP contribution in [-0.4, -0.2) is 0 Å². The molecule has 0 heterocycles. The van der Waals surface area contributed by atoms with Gasteiger partial charge in [0, 0.05) is 0 Å². The normalized spacial score (nSPS) is 14.0. The molecular formula is C24H20. The van der Waals surface area contributed by atoms with E-state index in [1.165, 1.54) is 44.5 Å². The molecule has 0 amide bonds. The molecule has 0 radical (unpaired) electrons. The van der Waals surface area contributed by atoms with Gasteiger partial charge in [0.2, 0.25) is 0 Å². The Morgan fingerprint density at radius 2 is 0.625 bits per heavy atom. The minimum absolute atomic E-state index is 1.09. The van der Waals surface area contributed by atoms with Crippen molar-refractivity contribution in [2.45, 2.75) is 25.7 Å². The summed E-state index contributed by atoms with van der Waals surface area (Å²) >= 11 is 0. The Balaban J connectivity index is 1.66. The zero-order valence-electron chi connectivity index (χ0n) is 13.8. The number of hydrogen-bond acceptors (Lipinski definition) is 0. The van der Waals surface area contributed by atoms with E-state index >= 15 is 0 Å². The minimum Gasteiger partial charge on any atom is -0.0584 e. The minimum atomic E-state index is 1.09. The highest BCUT2D eigenvalue weighted by Gasteiger charge is 2.10. The van der Waals surface area contributed by atoms with Gasteiger partial charge in [-0.15, -0.1) is 0 Å². The summed E-state index contributed by atoms with van der Waals surface area (Å²) in [4.78, 5) is 0. The third-order valence-electron chi connectivity index (χ3n) is 5.34. The van der Waals surface area contributed by atoms with E-state index < -0.39 is 0 Å². The number of rotatable bonds is 0. The Bertz CT molecular complexity index is 811. The maximum absolute atomic E-state index is 2.36. The lowest BCUT2D eigenvalue weighted by atomic mass is 10.1. The van der Waals surface area contributed by atoms with Crippen molar-refractivity contribution in [3.63, 3.8) is 0 Å². The molecule has 0 fully saturated rings. The molecule has 0 unspecified atom stereocenters. The standard InChI is InChI=1S/C24H20/c1-2-18-7-11-23-15-20(16-24(23)12-8-18)4-3-19-13-21-9-5-17(1)6-10-22(21)14-19/h5-16H,1-4H2. The second-order valence-electron chi connectivity index (χ2n) is 7.03. The van der Waals surface area contributed by atoms with Gasteiger partial charge in [0.25, 0.3) is 0 Å². The van der Waals surface area contributed by atoms with Crippen molar-refractivity contribution in [2.24, 2.45) is 0 Å². The van der Waals surface area contributed by atoms with Crippen molar-refractivity contribution in [2.75, 3.05) is 0 Å². The summed E-state index contributed by atoms with van der Waals surface area (Å²) in [6, 6.07) is 27.8. The molecule has 0 saturated heterocycles. The second kappa shape index (κ2) is 5.49. The fourth-order valence-electron chi connectivity index (χ4n) is 3.89. The summed E-state index contributed by atoms with van der Waals surface area (Å²) in [6.45, 7) is 0. The highest BCUT2D eigenvalue weighted by atomic mass is 14.1. The van der Waals surface area contributed by atoms with Crippen LogP contribution in [0.2, 0.25) is 0 Å². The van der Waals surface area contributed by atoms with Crippen molar-refractivity contribution in [1.82, 2.24) is 0 Å². The van der Waals surface area contributed by atoms with Crippen molar-refractivity contribution >= 4 is 0 Å². The zero-order valence-corrected chi connectivity index (χ0v) is 13.8. The van der Waals surface area contributed by atoms with Crippen LogP contribution in [0.5, 0.6) is 0 Å². The lowest BCUT2D eigenvalue weighted by molar-refractivity contribution is 0.963. The Kier molecular flexibility index (Phi) is 3.16. The Morgan fingerprint density at radius 1 is 0.333 bits per heavy atom. The summed E-state index contributed by atoms with van der Waals surface area (Å²) in [6.07, 6.45) is 4.39. The van der Waals surface area contributed by atoms with Crippen LogP contribution in [-0.2, 0) is 25.7 Å². The van der Waals surface area contributed by atoms with Crippen molar-refractivity contribution in [1.29, 1.82) is 0 Å². The molecule has 0 aromatic carbocycles. The average Bonchev–Trinajstić information content (AvgIpc) is 3.05. The summed E-state index contributed by atoms with van der Waals surface area (Å²) in [5, 5.41) is 0. The van der Waals surface area contributed by atoms with Gasteiger partial charge in [-0.2, -0.15) is 0 Å². The van der Waals surface area contributed by atoms with Gasteiger partial charge in [-0.3, -0.25) is 0 Å². The summed E-state index contributed by atoms with van der Waals surface area (Å²) in [5.74, 6) is 0. The van der Waals surface area contributed by atoms with Crippen LogP contribution in [0.15, 0.2) is 72.8 Å². The van der Waals surface area contributed by atoms with Gasteiger partial charge in [0.05, 0.1) is 0 Å². The third-order valence-corrected chi connectivity index (χ3v) is 5.34. The summed E-state index contributed by atoms with van der Waals surface area (Å²) < 4.78 is 0. The predicted octanol–water partition coefficient (Wildman–Crippen LogP) is 5.78. The fraction of sp³-hybridized carbons (Fsp3) is 0.167. The van der Waals surface area contributed by atoms with Crippen molar-refractivity contribution in [3.8, 4) is 22.3 Å². The largest absolute Gasteiger partial charge is 0.0584 e. The van der Waals surface area contributed by atoms with E-state index in [-0.39, 0.29) is 0 Å². The molecule has 8 bridgehead atoms. The smallest absolute Gasteiger partial charge is 0.0181 e. The van der Waals surface area contributed by atoms with E-state index in [1.807, 2.05) is 0 Å². The van der Waals surface area contributed by atoms with E-state index in [1.54, 1.807) is 0 Å². The highest BCUT2D eigenvalue weighted by Crippen LogP contribution is 2.30. The zero-order chi connectivity index (χ0) is 15.9. The van der Waals surface area contributed by atoms with Crippen LogP contribution < -0.4 is 0 Å². The third kappa shape index (κ3) is 2.49. The molecule has 0 spiro atoms. The second-order valence-corrected chi connectivity index (χ2v) is 7.03. The maximum atomic E-state index is 2.36. The molecular weight excluding hydrogens is 288 g/mol. The molecule has 0 aromatic rings. The fourth-order valence-corrected chi connectivity index (χ4v) is 3.89. The number of aryl methyl sites for hydroxylation is 4. The molecule has 0 nitrogen and oxygen atoms in total. The van der Waals surface area contributed by atoms with Crippen LogP contribution in [0, 0.1) is 0 Å². The molecule has 8 aliphatic rings. The van der Waals surface area contributed by atoms with E-state index in [4.69, 9.17) is 0 Å². The van der Waals surface area contributed by atoms with Gasteiger partial charge in [0.15, 0.2) is 0 Å². The lowest BCUT2D eigenvalue weighted by Crippen LogP contribution is -1.88. The molecule has 0 saturated carbocycles. The molecule has 0 atom stereocenters. The van der Waals surface area contributed by atoms with E-state index in [9.17, 15) is 0 Å². The molecule has 0 N–H and O–H groups in total. The quantitative estimate of drug-likeness (QED) is 0.386. The first kappa shape index (κ1) is 13.8. The molecule has 8 rings (SSSR count). The van der Waals surface area contributed by atoms with Crippen LogP contribution >= 0.6 is 0 Å². The summed E-state index contributed by atoms with van der Waals surface area (Å²) in [7, 11) is 0. The predicted molar refractivity (Wildman–Crippen MR) is 101 cm³/mol. The molecule has 0 heteroatoms. The maximum Gasteiger partial charge on any atom is -0.0181 e. The molecule has 8 aliphatic carbocycles. The van der Waals surface area contributed by atoms with Gasteiger partial charge < -0.3 is 0 Å². The van der Waals surface area contributed by atoms with E-state index in [0.717, 1.165) is 25.7 Å². The van der Waals surface area contributed by atoms with Gasteiger partial charge in [-0.25, -0.2) is 0 Å². The van der Waals surface area contributed by atoms with Crippen LogP contribution in [0.4, 0.5) is 0 Å². The van der Waals surface area contributed by atoms with Crippen molar-refractivity contribution < 1.29 is 0 Å². The van der Waals surface area contributed by atoms with E-state index in [0.29, 0.717) is 0 Å². The van der Waals surface area contributed by atoms with E-state index in [2.05, 4.69) is 72.8 Å². The molecule has 0 aromatic heterocycles. The monoisotopic (exact) mass is 308 g/mol. The van der Waals surface area contributed by atoms with Gasteiger partial charge in [0.1, 0.15) is 0 Å². The Labute approximate surface area is 143 Å². The first-order chi connectivity index (χ1) is 11.8. The van der Waals surface area contributed by atoms with Gasteiger partial charge in [-0.1, -0.05) is 72.8 Å². The Hall–Kier alpha value is -2.60.